The minimum atomic E-state index is 0.717. The zero-order valence-electron chi connectivity index (χ0n) is 14.6. The molecule has 0 aromatic carbocycles. The molecular formula is C17H36N4. The van der Waals surface area contributed by atoms with Gasteiger partial charge in [0, 0.05) is 19.6 Å². The maximum Gasteiger partial charge on any atom is 0.191 e. The molecule has 4 nitrogen and oxygen atoms in total. The lowest BCUT2D eigenvalue weighted by Crippen LogP contribution is -2.39. The van der Waals surface area contributed by atoms with Crippen LogP contribution in [0.3, 0.4) is 0 Å². The maximum absolute atomic E-state index is 4.74. The molecule has 1 saturated heterocycles. The fraction of sp³-hybridized carbons (Fsp3) is 0.941. The summed E-state index contributed by atoms with van der Waals surface area (Å²) in [7, 11) is 2.22. The molecule has 0 bridgehead atoms. The fourth-order valence-electron chi connectivity index (χ4n) is 2.85. The highest BCUT2D eigenvalue weighted by atomic mass is 15.2. The van der Waals surface area contributed by atoms with Gasteiger partial charge in [-0.2, -0.15) is 0 Å². The van der Waals surface area contributed by atoms with Crippen LogP contribution in [0.4, 0.5) is 0 Å². The molecule has 0 saturated carbocycles. The Morgan fingerprint density at radius 2 is 1.81 bits per heavy atom. The van der Waals surface area contributed by atoms with E-state index in [9.17, 15) is 0 Å². The zero-order valence-corrected chi connectivity index (χ0v) is 14.6. The topological polar surface area (TPSA) is 39.7 Å². The van der Waals surface area contributed by atoms with Gasteiger partial charge in [-0.05, 0) is 58.2 Å². The van der Waals surface area contributed by atoms with E-state index in [0.717, 1.165) is 31.5 Å². The molecule has 1 heterocycles. The van der Waals surface area contributed by atoms with E-state index >= 15 is 0 Å². The molecule has 1 aliphatic heterocycles. The van der Waals surface area contributed by atoms with Crippen molar-refractivity contribution >= 4 is 5.96 Å². The first-order chi connectivity index (χ1) is 10.2. The van der Waals surface area contributed by atoms with Gasteiger partial charge in [-0.3, -0.25) is 4.99 Å². The van der Waals surface area contributed by atoms with Crippen LogP contribution in [0.1, 0.15) is 52.9 Å². The largest absolute Gasteiger partial charge is 0.357 e. The second-order valence-electron chi connectivity index (χ2n) is 6.36. The third-order valence-electron chi connectivity index (χ3n) is 4.69. The maximum atomic E-state index is 4.74. The van der Waals surface area contributed by atoms with Gasteiger partial charge in [-0.15, -0.1) is 0 Å². The number of rotatable bonds is 8. The van der Waals surface area contributed by atoms with Crippen LogP contribution in [0.25, 0.3) is 0 Å². The van der Waals surface area contributed by atoms with Crippen LogP contribution in [0.15, 0.2) is 4.99 Å². The van der Waals surface area contributed by atoms with Crippen molar-refractivity contribution in [2.45, 2.75) is 52.9 Å². The standard InChI is InChI=1S/C17H36N4/c1-5-15(6-2)14-20-17(18-7-3)19-11-8-16-9-12-21(4)13-10-16/h15-16H,5-14H2,1-4H3,(H2,18,19,20). The predicted octanol–water partition coefficient (Wildman–Crippen LogP) is 2.71. The molecule has 1 rings (SSSR count). The molecule has 1 aliphatic rings. The average Bonchev–Trinajstić information content (AvgIpc) is 2.50. The van der Waals surface area contributed by atoms with Crippen LogP contribution in [0, 0.1) is 11.8 Å². The van der Waals surface area contributed by atoms with Crippen LogP contribution in [0.5, 0.6) is 0 Å². The van der Waals surface area contributed by atoms with Crippen molar-refractivity contribution in [1.82, 2.24) is 15.5 Å². The highest BCUT2D eigenvalue weighted by Crippen LogP contribution is 2.18. The van der Waals surface area contributed by atoms with Gasteiger partial charge in [0.25, 0.3) is 0 Å². The number of piperidine rings is 1. The van der Waals surface area contributed by atoms with E-state index in [0.29, 0.717) is 5.92 Å². The first-order valence-electron chi connectivity index (χ1n) is 8.90. The SMILES string of the molecule is CCNC(=NCC(CC)CC)NCCC1CCN(C)CC1. The van der Waals surface area contributed by atoms with Crippen molar-refractivity contribution in [3.63, 3.8) is 0 Å². The van der Waals surface area contributed by atoms with E-state index in [2.05, 4.69) is 43.4 Å². The molecule has 0 radical (unpaired) electrons. The summed E-state index contributed by atoms with van der Waals surface area (Å²) in [5, 5.41) is 6.87. The summed E-state index contributed by atoms with van der Waals surface area (Å²) < 4.78 is 0. The van der Waals surface area contributed by atoms with Gasteiger partial charge in [0.15, 0.2) is 5.96 Å². The molecule has 0 atom stereocenters. The summed E-state index contributed by atoms with van der Waals surface area (Å²) in [6.45, 7) is 12.1. The van der Waals surface area contributed by atoms with Crippen LogP contribution in [-0.2, 0) is 0 Å². The number of hydrogen-bond donors (Lipinski definition) is 2. The van der Waals surface area contributed by atoms with Gasteiger partial charge in [-0.1, -0.05) is 26.7 Å². The number of hydrogen-bond acceptors (Lipinski definition) is 2. The number of guanidine groups is 1. The van der Waals surface area contributed by atoms with E-state index in [1.54, 1.807) is 0 Å². The van der Waals surface area contributed by atoms with E-state index < -0.39 is 0 Å². The molecule has 21 heavy (non-hydrogen) atoms. The molecule has 124 valence electrons. The first-order valence-corrected chi connectivity index (χ1v) is 8.90. The van der Waals surface area contributed by atoms with Crippen molar-refractivity contribution in [2.24, 2.45) is 16.8 Å². The molecule has 4 heteroatoms. The molecule has 1 fully saturated rings. The summed E-state index contributed by atoms with van der Waals surface area (Å²) in [6, 6.07) is 0. The van der Waals surface area contributed by atoms with E-state index in [4.69, 9.17) is 4.99 Å². The lowest BCUT2D eigenvalue weighted by atomic mass is 9.94. The fourth-order valence-corrected chi connectivity index (χ4v) is 2.85. The van der Waals surface area contributed by atoms with Gasteiger partial charge in [-0.25, -0.2) is 0 Å². The first kappa shape index (κ1) is 18.3. The third kappa shape index (κ3) is 7.70. The lowest BCUT2D eigenvalue weighted by Gasteiger charge is -2.29. The van der Waals surface area contributed by atoms with Gasteiger partial charge in [0.1, 0.15) is 0 Å². The van der Waals surface area contributed by atoms with Crippen LogP contribution < -0.4 is 10.6 Å². The normalized spacial score (nSPS) is 18.2. The van der Waals surface area contributed by atoms with Gasteiger partial charge >= 0.3 is 0 Å². The molecule has 0 spiro atoms. The Balaban J connectivity index is 2.28. The Labute approximate surface area is 131 Å². The van der Waals surface area contributed by atoms with Crippen LogP contribution in [0.2, 0.25) is 0 Å². The minimum absolute atomic E-state index is 0.717. The molecule has 0 amide bonds. The van der Waals surface area contributed by atoms with Crippen molar-refractivity contribution in [3.8, 4) is 0 Å². The van der Waals surface area contributed by atoms with Crippen molar-refractivity contribution in [3.05, 3.63) is 0 Å². The Morgan fingerprint density at radius 1 is 1.14 bits per heavy atom. The van der Waals surface area contributed by atoms with Crippen molar-refractivity contribution < 1.29 is 0 Å². The van der Waals surface area contributed by atoms with Gasteiger partial charge < -0.3 is 15.5 Å². The number of nitrogens with zero attached hydrogens (tertiary/aromatic N) is 2. The number of aliphatic imine (C=N–C) groups is 1. The van der Waals surface area contributed by atoms with Crippen LogP contribution in [-0.4, -0.2) is 50.6 Å². The third-order valence-corrected chi connectivity index (χ3v) is 4.69. The molecule has 0 aromatic rings. The smallest absolute Gasteiger partial charge is 0.191 e. The lowest BCUT2D eigenvalue weighted by molar-refractivity contribution is 0.213. The Kier molecular flexibility index (Phi) is 9.48. The summed E-state index contributed by atoms with van der Waals surface area (Å²) in [6.07, 6.45) is 6.40. The van der Waals surface area contributed by atoms with E-state index in [-0.39, 0.29) is 0 Å². The average molecular weight is 297 g/mol. The van der Waals surface area contributed by atoms with E-state index in [1.165, 1.54) is 45.2 Å². The molecule has 2 N–H and O–H groups in total. The molecule has 0 aromatic heterocycles. The monoisotopic (exact) mass is 296 g/mol. The molecular weight excluding hydrogens is 260 g/mol. The number of nitrogens with one attached hydrogen (secondary N) is 2. The van der Waals surface area contributed by atoms with Crippen LogP contribution >= 0.6 is 0 Å². The second-order valence-corrected chi connectivity index (χ2v) is 6.36. The minimum Gasteiger partial charge on any atom is -0.357 e. The Morgan fingerprint density at radius 3 is 2.38 bits per heavy atom. The van der Waals surface area contributed by atoms with Gasteiger partial charge in [0.2, 0.25) is 0 Å². The second kappa shape index (κ2) is 10.9. The highest BCUT2D eigenvalue weighted by molar-refractivity contribution is 5.79. The molecule has 0 aliphatic carbocycles. The predicted molar refractivity (Wildman–Crippen MR) is 92.9 cm³/mol. The van der Waals surface area contributed by atoms with Crippen molar-refractivity contribution in [2.75, 3.05) is 39.8 Å². The number of likely N-dealkylation sites (tertiary alicyclic amines) is 1. The summed E-state index contributed by atoms with van der Waals surface area (Å²) in [4.78, 5) is 7.17. The highest BCUT2D eigenvalue weighted by Gasteiger charge is 2.16. The zero-order chi connectivity index (χ0) is 15.5. The Hall–Kier alpha value is -0.770. The quantitative estimate of drug-likeness (QED) is 0.534. The summed E-state index contributed by atoms with van der Waals surface area (Å²) in [5.41, 5.74) is 0. The molecule has 0 unspecified atom stereocenters. The van der Waals surface area contributed by atoms with E-state index in [1.807, 2.05) is 0 Å². The summed E-state index contributed by atoms with van der Waals surface area (Å²) in [5.74, 6) is 2.60. The Bertz CT molecular complexity index is 279. The van der Waals surface area contributed by atoms with Crippen molar-refractivity contribution in [1.29, 1.82) is 0 Å². The summed E-state index contributed by atoms with van der Waals surface area (Å²) >= 11 is 0. The van der Waals surface area contributed by atoms with Gasteiger partial charge in [0.05, 0.1) is 0 Å².